The zero-order valence-corrected chi connectivity index (χ0v) is 17.1. The first-order chi connectivity index (χ1) is 14.2. The second-order valence-corrected chi connectivity index (χ2v) is 7.29. The van der Waals surface area contributed by atoms with Crippen molar-refractivity contribution in [3.63, 3.8) is 0 Å². The van der Waals surface area contributed by atoms with Crippen LogP contribution in [0.4, 0.5) is 0 Å². The molecule has 0 aliphatic rings. The van der Waals surface area contributed by atoms with Gasteiger partial charge < -0.3 is 10.2 Å². The van der Waals surface area contributed by atoms with Gasteiger partial charge in [-0.25, -0.2) is 4.79 Å². The van der Waals surface area contributed by atoms with Gasteiger partial charge in [-0.1, -0.05) is 48.0 Å². The van der Waals surface area contributed by atoms with Crippen LogP contribution in [0.5, 0.6) is 0 Å². The smallest absolute Gasteiger partial charge is 0.352 e. The van der Waals surface area contributed by atoms with E-state index in [1.54, 1.807) is 18.2 Å². The lowest BCUT2D eigenvalue weighted by Crippen LogP contribution is -2.59. The van der Waals surface area contributed by atoms with Crippen molar-refractivity contribution in [1.82, 2.24) is 25.6 Å². The molecule has 3 rings (SSSR count). The van der Waals surface area contributed by atoms with E-state index in [-0.39, 0.29) is 17.7 Å². The molecular formula is C19H17Cl2N5O4. The predicted octanol–water partition coefficient (Wildman–Crippen LogP) is 2.72. The molecule has 4 N–H and O–H groups in total. The van der Waals surface area contributed by atoms with E-state index in [0.717, 1.165) is 23.1 Å². The molecule has 3 aromatic rings. The van der Waals surface area contributed by atoms with E-state index in [9.17, 15) is 19.8 Å². The molecule has 0 fully saturated rings. The highest BCUT2D eigenvalue weighted by molar-refractivity contribution is 6.30. The van der Waals surface area contributed by atoms with Crippen LogP contribution in [0.3, 0.4) is 0 Å². The van der Waals surface area contributed by atoms with E-state index in [4.69, 9.17) is 23.2 Å². The summed E-state index contributed by atoms with van der Waals surface area (Å²) in [6.07, 6.45) is 0. The van der Waals surface area contributed by atoms with Crippen molar-refractivity contribution in [2.45, 2.75) is 19.2 Å². The maximum absolute atomic E-state index is 12.3. The minimum absolute atomic E-state index is 0.108. The van der Waals surface area contributed by atoms with Gasteiger partial charge in [-0.05, 0) is 47.3 Å². The molecule has 0 saturated carbocycles. The van der Waals surface area contributed by atoms with E-state index >= 15 is 0 Å². The Balaban J connectivity index is 1.82. The summed E-state index contributed by atoms with van der Waals surface area (Å²) in [6, 6.07) is 14.5. The van der Waals surface area contributed by atoms with Crippen molar-refractivity contribution < 1.29 is 19.8 Å². The highest BCUT2D eigenvalue weighted by Gasteiger charge is 2.39. The average molecular weight is 450 g/mol. The minimum Gasteiger partial charge on any atom is -0.478 e. The Hall–Kier alpha value is -2.98. The van der Waals surface area contributed by atoms with E-state index in [1.807, 2.05) is 30.3 Å². The lowest BCUT2D eigenvalue weighted by atomic mass is 10.0. The second-order valence-electron chi connectivity index (χ2n) is 6.51. The fourth-order valence-corrected chi connectivity index (χ4v) is 2.91. The molecule has 0 aliphatic carbocycles. The molecule has 9 nitrogen and oxygen atoms in total. The fourth-order valence-electron chi connectivity index (χ4n) is 2.59. The Morgan fingerprint density at radius 2 is 1.87 bits per heavy atom. The second kappa shape index (κ2) is 8.80. The monoisotopic (exact) mass is 449 g/mol. The summed E-state index contributed by atoms with van der Waals surface area (Å²) in [5.74, 6) is -2.59. The number of aliphatic hydroxyl groups is 1. The SMILES string of the molecule is CC(O)(C(=O)O)N(Cc1ccc(-c2cccc(Cl)c2)cc1)NC(=O)c1nc(Cl)n[nH]1. The number of hydrogen-bond donors (Lipinski definition) is 4. The minimum atomic E-state index is -2.40. The Labute approximate surface area is 181 Å². The summed E-state index contributed by atoms with van der Waals surface area (Å²) in [4.78, 5) is 27.5. The number of H-pyrrole nitrogens is 1. The summed E-state index contributed by atoms with van der Waals surface area (Å²) in [6.45, 7) is 0.937. The van der Waals surface area contributed by atoms with Crippen LogP contribution < -0.4 is 5.43 Å². The number of carbonyl (C=O) groups is 2. The predicted molar refractivity (Wildman–Crippen MR) is 110 cm³/mol. The first-order valence-corrected chi connectivity index (χ1v) is 9.39. The number of hydrogen-bond acceptors (Lipinski definition) is 6. The van der Waals surface area contributed by atoms with Crippen molar-refractivity contribution in [2.24, 2.45) is 0 Å². The van der Waals surface area contributed by atoms with Gasteiger partial charge in [0.1, 0.15) is 0 Å². The summed E-state index contributed by atoms with van der Waals surface area (Å²) >= 11 is 11.6. The first-order valence-electron chi connectivity index (χ1n) is 8.64. The Morgan fingerprint density at radius 1 is 1.17 bits per heavy atom. The van der Waals surface area contributed by atoms with Crippen LogP contribution in [0.25, 0.3) is 11.1 Å². The molecule has 1 heterocycles. The van der Waals surface area contributed by atoms with Gasteiger partial charge in [0, 0.05) is 11.6 Å². The highest BCUT2D eigenvalue weighted by Crippen LogP contribution is 2.24. The number of aromatic nitrogens is 3. The van der Waals surface area contributed by atoms with Gasteiger partial charge in [-0.3, -0.25) is 15.3 Å². The molecule has 156 valence electrons. The van der Waals surface area contributed by atoms with Gasteiger partial charge in [0.15, 0.2) is 0 Å². The summed E-state index contributed by atoms with van der Waals surface area (Å²) in [5.41, 5.74) is 2.38. The van der Waals surface area contributed by atoms with E-state index in [2.05, 4.69) is 20.6 Å². The fraction of sp³-hybridized carbons (Fsp3) is 0.158. The molecular weight excluding hydrogens is 433 g/mol. The normalized spacial score (nSPS) is 13.1. The van der Waals surface area contributed by atoms with Gasteiger partial charge in [0.2, 0.25) is 16.8 Å². The van der Waals surface area contributed by atoms with Crippen molar-refractivity contribution in [3.8, 4) is 11.1 Å². The number of aromatic amines is 1. The Morgan fingerprint density at radius 3 is 2.43 bits per heavy atom. The van der Waals surface area contributed by atoms with Gasteiger partial charge in [0.25, 0.3) is 0 Å². The van der Waals surface area contributed by atoms with E-state index < -0.39 is 17.6 Å². The lowest BCUT2D eigenvalue weighted by Gasteiger charge is -2.33. The van der Waals surface area contributed by atoms with Gasteiger partial charge in [-0.2, -0.15) is 9.99 Å². The summed E-state index contributed by atoms with van der Waals surface area (Å²) in [5, 5.41) is 26.9. The molecule has 0 radical (unpaired) electrons. The molecule has 1 unspecified atom stereocenters. The molecule has 11 heteroatoms. The standard InChI is InChI=1S/C19H17Cl2N5O4/c1-19(30,17(28)29)26(25-16(27)15-22-18(21)24-23-15)10-11-5-7-12(8-6-11)13-3-2-4-14(20)9-13/h2-9,30H,10H2,1H3,(H,25,27)(H,28,29)(H,22,23,24). The zero-order chi connectivity index (χ0) is 21.9. The third-order valence-electron chi connectivity index (χ3n) is 4.29. The molecule has 0 bridgehead atoms. The lowest BCUT2D eigenvalue weighted by molar-refractivity contribution is -0.185. The quantitative estimate of drug-likeness (QED) is 0.322. The summed E-state index contributed by atoms with van der Waals surface area (Å²) < 4.78 is 0. The molecule has 1 aromatic heterocycles. The number of amides is 1. The molecule has 0 saturated heterocycles. The van der Waals surface area contributed by atoms with Crippen LogP contribution >= 0.6 is 23.2 Å². The van der Waals surface area contributed by atoms with Crippen LogP contribution in [0.2, 0.25) is 10.3 Å². The Kier molecular flexibility index (Phi) is 6.37. The van der Waals surface area contributed by atoms with Gasteiger partial charge in [-0.15, -0.1) is 5.10 Å². The topological polar surface area (TPSA) is 131 Å². The largest absolute Gasteiger partial charge is 0.478 e. The molecule has 0 spiro atoms. The Bertz CT molecular complexity index is 1070. The average Bonchev–Trinajstić information content (AvgIpc) is 3.14. The number of nitrogens with one attached hydrogen (secondary N) is 2. The van der Waals surface area contributed by atoms with E-state index in [0.29, 0.717) is 10.6 Å². The molecule has 1 amide bonds. The third kappa shape index (κ3) is 4.95. The number of hydrazine groups is 1. The van der Waals surface area contributed by atoms with Crippen LogP contribution in [-0.2, 0) is 11.3 Å². The first kappa shape index (κ1) is 21.7. The molecule has 0 aliphatic heterocycles. The van der Waals surface area contributed by atoms with Crippen molar-refractivity contribution in [3.05, 3.63) is 70.2 Å². The number of carbonyl (C=O) groups excluding carboxylic acids is 1. The molecule has 2 aromatic carbocycles. The number of aliphatic carboxylic acids is 1. The maximum Gasteiger partial charge on any atom is 0.352 e. The number of benzene rings is 2. The number of carboxylic acids is 1. The number of rotatable bonds is 7. The van der Waals surface area contributed by atoms with Gasteiger partial charge in [0.05, 0.1) is 0 Å². The van der Waals surface area contributed by atoms with Crippen molar-refractivity contribution in [1.29, 1.82) is 0 Å². The van der Waals surface area contributed by atoms with Crippen LogP contribution in [0.1, 0.15) is 23.1 Å². The van der Waals surface area contributed by atoms with Crippen molar-refractivity contribution in [2.75, 3.05) is 0 Å². The number of nitrogens with zero attached hydrogens (tertiary/aromatic N) is 3. The zero-order valence-electron chi connectivity index (χ0n) is 15.6. The molecule has 1 atom stereocenters. The number of carboxylic acid groups (broad SMARTS) is 1. The number of halogens is 2. The van der Waals surface area contributed by atoms with Crippen LogP contribution in [-0.4, -0.2) is 48.0 Å². The van der Waals surface area contributed by atoms with Crippen LogP contribution in [0, 0.1) is 0 Å². The third-order valence-corrected chi connectivity index (χ3v) is 4.70. The molecule has 30 heavy (non-hydrogen) atoms. The van der Waals surface area contributed by atoms with E-state index in [1.165, 1.54) is 0 Å². The van der Waals surface area contributed by atoms with Crippen molar-refractivity contribution >= 4 is 35.1 Å². The highest BCUT2D eigenvalue weighted by atomic mass is 35.5. The van der Waals surface area contributed by atoms with Gasteiger partial charge >= 0.3 is 11.9 Å². The van der Waals surface area contributed by atoms with Crippen LogP contribution in [0.15, 0.2) is 48.5 Å². The maximum atomic E-state index is 12.3. The summed E-state index contributed by atoms with van der Waals surface area (Å²) in [7, 11) is 0.